The molecule has 0 aromatic heterocycles. The first-order chi connectivity index (χ1) is 8.70. The summed E-state index contributed by atoms with van der Waals surface area (Å²) in [5.74, 6) is 1.04. The fraction of sp³-hybridized carbons (Fsp3) is 0.571. The number of hydrogen-bond donors (Lipinski definition) is 1. The van der Waals surface area contributed by atoms with Crippen LogP contribution in [0.2, 0.25) is 5.02 Å². The summed E-state index contributed by atoms with van der Waals surface area (Å²) >= 11 is 9.76. The third-order valence-electron chi connectivity index (χ3n) is 3.22. The maximum atomic E-state index is 6.12. The summed E-state index contributed by atoms with van der Waals surface area (Å²) in [6, 6.07) is 4.02. The van der Waals surface area contributed by atoms with E-state index >= 15 is 0 Å². The second-order valence-electron chi connectivity index (χ2n) is 4.62. The van der Waals surface area contributed by atoms with Crippen molar-refractivity contribution < 1.29 is 4.74 Å². The molecule has 0 aliphatic carbocycles. The lowest BCUT2D eigenvalue weighted by atomic mass is 10.1. The maximum absolute atomic E-state index is 6.12. The lowest BCUT2D eigenvalue weighted by Gasteiger charge is -2.11. The molecular formula is C14H19BrClNO. The number of alkyl halides is 1. The second-order valence-corrected chi connectivity index (χ2v) is 6.35. The minimum atomic E-state index is 0.603. The van der Waals surface area contributed by atoms with Crippen molar-refractivity contribution in [2.24, 2.45) is 0 Å². The van der Waals surface area contributed by atoms with Crippen LogP contribution in [0.1, 0.15) is 30.9 Å². The van der Waals surface area contributed by atoms with Crippen molar-refractivity contribution in [1.82, 2.24) is 5.32 Å². The van der Waals surface area contributed by atoms with Crippen molar-refractivity contribution in [3.8, 4) is 5.75 Å². The van der Waals surface area contributed by atoms with Gasteiger partial charge in [0.05, 0.1) is 6.61 Å². The van der Waals surface area contributed by atoms with Crippen molar-refractivity contribution >= 4 is 27.5 Å². The number of nitrogens with one attached hydrogen (secondary N) is 1. The van der Waals surface area contributed by atoms with Gasteiger partial charge in [-0.05, 0) is 37.1 Å². The van der Waals surface area contributed by atoms with Gasteiger partial charge in [-0.2, -0.15) is 0 Å². The predicted molar refractivity (Wildman–Crippen MR) is 80.0 cm³/mol. The number of halogens is 2. The summed E-state index contributed by atoms with van der Waals surface area (Å²) in [6.07, 6.45) is 3.28. The van der Waals surface area contributed by atoms with Crippen LogP contribution in [0.5, 0.6) is 5.75 Å². The molecule has 1 heterocycles. The Kier molecular flexibility index (Phi) is 5.34. The third-order valence-corrected chi connectivity index (χ3v) is 4.54. The summed E-state index contributed by atoms with van der Waals surface area (Å²) in [6.45, 7) is 4.80. The van der Waals surface area contributed by atoms with E-state index in [1.165, 1.54) is 11.1 Å². The minimum absolute atomic E-state index is 0.603. The molecule has 4 heteroatoms. The molecule has 1 aromatic rings. The van der Waals surface area contributed by atoms with Crippen LogP contribution >= 0.6 is 27.5 Å². The van der Waals surface area contributed by atoms with E-state index in [0.717, 1.165) is 49.7 Å². The number of rotatable bonds is 6. The van der Waals surface area contributed by atoms with Crippen molar-refractivity contribution in [1.29, 1.82) is 0 Å². The van der Waals surface area contributed by atoms with Gasteiger partial charge in [0.2, 0.25) is 0 Å². The van der Waals surface area contributed by atoms with Gasteiger partial charge in [0.1, 0.15) is 5.75 Å². The van der Waals surface area contributed by atoms with E-state index in [4.69, 9.17) is 16.3 Å². The summed E-state index contributed by atoms with van der Waals surface area (Å²) < 4.78 is 5.68. The monoisotopic (exact) mass is 331 g/mol. The standard InChI is InChI=1S/C14H19BrClNO/c1-2-12(15)3-5-17-9-11-8-13(16)7-10-4-6-18-14(10)11/h7-8,12,17H,2-6,9H2,1H3. The van der Waals surface area contributed by atoms with Gasteiger partial charge >= 0.3 is 0 Å². The third kappa shape index (κ3) is 3.62. The van der Waals surface area contributed by atoms with Crippen LogP contribution in [-0.2, 0) is 13.0 Å². The number of ether oxygens (including phenoxy) is 1. The Balaban J connectivity index is 1.90. The van der Waals surface area contributed by atoms with Crippen molar-refractivity contribution in [3.05, 3.63) is 28.3 Å². The van der Waals surface area contributed by atoms with Gasteiger partial charge in [0.15, 0.2) is 0 Å². The van der Waals surface area contributed by atoms with Crippen LogP contribution in [0.15, 0.2) is 12.1 Å². The first-order valence-corrected chi connectivity index (χ1v) is 7.79. The maximum Gasteiger partial charge on any atom is 0.127 e. The van der Waals surface area contributed by atoms with Crippen LogP contribution < -0.4 is 10.1 Å². The Morgan fingerprint density at radius 2 is 2.33 bits per heavy atom. The molecule has 1 atom stereocenters. The molecular weight excluding hydrogens is 314 g/mol. The number of fused-ring (bicyclic) bond motifs is 1. The van der Waals surface area contributed by atoms with E-state index in [1.54, 1.807) is 0 Å². The van der Waals surface area contributed by atoms with Crippen LogP contribution in [0.25, 0.3) is 0 Å². The zero-order valence-corrected chi connectivity index (χ0v) is 13.0. The topological polar surface area (TPSA) is 21.3 Å². The largest absolute Gasteiger partial charge is 0.493 e. The lowest BCUT2D eigenvalue weighted by molar-refractivity contribution is 0.352. The summed E-state index contributed by atoms with van der Waals surface area (Å²) in [7, 11) is 0. The van der Waals surface area contributed by atoms with Crippen molar-refractivity contribution in [3.63, 3.8) is 0 Å². The molecule has 0 spiro atoms. The fourth-order valence-corrected chi connectivity index (χ4v) is 2.66. The highest BCUT2D eigenvalue weighted by atomic mass is 79.9. The quantitative estimate of drug-likeness (QED) is 0.629. The SMILES string of the molecule is CCC(Br)CCNCc1cc(Cl)cc2c1OCC2. The normalized spacial score (nSPS) is 15.3. The van der Waals surface area contributed by atoms with E-state index in [0.29, 0.717) is 4.83 Å². The number of hydrogen-bond acceptors (Lipinski definition) is 2. The Morgan fingerprint density at radius 3 is 3.11 bits per heavy atom. The molecule has 1 aromatic carbocycles. The highest BCUT2D eigenvalue weighted by Crippen LogP contribution is 2.32. The molecule has 100 valence electrons. The Morgan fingerprint density at radius 1 is 1.50 bits per heavy atom. The molecule has 0 bridgehead atoms. The van der Waals surface area contributed by atoms with Crippen molar-refractivity contribution in [2.75, 3.05) is 13.2 Å². The molecule has 0 saturated carbocycles. The molecule has 0 amide bonds. The number of benzene rings is 1. The molecule has 0 radical (unpaired) electrons. The minimum Gasteiger partial charge on any atom is -0.493 e. The van der Waals surface area contributed by atoms with Gasteiger partial charge in [0.25, 0.3) is 0 Å². The molecule has 0 fully saturated rings. The molecule has 1 aliphatic heterocycles. The van der Waals surface area contributed by atoms with Crippen molar-refractivity contribution in [2.45, 2.75) is 37.6 Å². The molecule has 1 unspecified atom stereocenters. The van der Waals surface area contributed by atoms with Gasteiger partial charge in [-0.15, -0.1) is 0 Å². The summed E-state index contributed by atoms with van der Waals surface area (Å²) in [5, 5.41) is 4.26. The first kappa shape index (κ1) is 14.2. The Bertz CT molecular complexity index is 411. The van der Waals surface area contributed by atoms with Crippen LogP contribution in [0, 0.1) is 0 Å². The van der Waals surface area contributed by atoms with E-state index in [9.17, 15) is 0 Å². The predicted octanol–water partition coefficient (Wildman–Crippen LogP) is 3.93. The molecule has 0 saturated heterocycles. The molecule has 2 nitrogen and oxygen atoms in total. The highest BCUT2D eigenvalue weighted by Gasteiger charge is 2.17. The van der Waals surface area contributed by atoms with Gasteiger partial charge in [-0.25, -0.2) is 0 Å². The van der Waals surface area contributed by atoms with Crippen LogP contribution in [-0.4, -0.2) is 18.0 Å². The molecule has 18 heavy (non-hydrogen) atoms. The first-order valence-electron chi connectivity index (χ1n) is 6.49. The fourth-order valence-electron chi connectivity index (χ4n) is 2.16. The molecule has 1 N–H and O–H groups in total. The van der Waals surface area contributed by atoms with Gasteiger partial charge in [0, 0.05) is 28.4 Å². The average Bonchev–Trinajstić information content (AvgIpc) is 2.81. The van der Waals surface area contributed by atoms with Crippen LogP contribution in [0.3, 0.4) is 0 Å². The smallest absolute Gasteiger partial charge is 0.127 e. The Labute approximate surface area is 122 Å². The average molecular weight is 333 g/mol. The van der Waals surface area contributed by atoms with Gasteiger partial charge < -0.3 is 10.1 Å². The van der Waals surface area contributed by atoms with E-state index in [1.807, 2.05) is 12.1 Å². The lowest BCUT2D eigenvalue weighted by Crippen LogP contribution is -2.18. The van der Waals surface area contributed by atoms with E-state index in [2.05, 4.69) is 28.2 Å². The molecule has 2 rings (SSSR count). The zero-order chi connectivity index (χ0) is 13.0. The second kappa shape index (κ2) is 6.78. The van der Waals surface area contributed by atoms with Crippen LogP contribution in [0.4, 0.5) is 0 Å². The van der Waals surface area contributed by atoms with Gasteiger partial charge in [-0.1, -0.05) is 34.5 Å². The van der Waals surface area contributed by atoms with Gasteiger partial charge in [-0.3, -0.25) is 0 Å². The summed E-state index contributed by atoms with van der Waals surface area (Å²) in [4.78, 5) is 0.603. The highest BCUT2D eigenvalue weighted by molar-refractivity contribution is 9.09. The van der Waals surface area contributed by atoms with E-state index < -0.39 is 0 Å². The summed E-state index contributed by atoms with van der Waals surface area (Å²) in [5.41, 5.74) is 2.42. The molecule has 1 aliphatic rings. The Hall–Kier alpha value is -0.250. The van der Waals surface area contributed by atoms with E-state index in [-0.39, 0.29) is 0 Å². The zero-order valence-electron chi connectivity index (χ0n) is 10.6.